The molecule has 1 N–H and O–H groups in total. The lowest BCUT2D eigenvalue weighted by atomic mass is 9.46. The molecule has 5 heteroatoms. The van der Waals surface area contributed by atoms with Crippen LogP contribution in [0.25, 0.3) is 0 Å². The highest BCUT2D eigenvalue weighted by Gasteiger charge is 2.64. The van der Waals surface area contributed by atoms with Crippen LogP contribution < -0.4 is 0 Å². The molecule has 0 bridgehead atoms. The van der Waals surface area contributed by atoms with Gasteiger partial charge >= 0.3 is 0 Å². The van der Waals surface area contributed by atoms with Gasteiger partial charge in [0.25, 0.3) is 0 Å². The first-order chi connectivity index (χ1) is 13.9. The van der Waals surface area contributed by atoms with Crippen LogP contribution in [0.4, 0.5) is 0 Å². The van der Waals surface area contributed by atoms with Crippen molar-refractivity contribution in [2.75, 3.05) is 7.11 Å². The topological polar surface area (TPSA) is 51.0 Å². The molecule has 4 aliphatic rings. The molecule has 0 radical (unpaired) electrons. The Hall–Kier alpha value is -0.653. The lowest BCUT2D eigenvalue weighted by Gasteiger charge is -2.59. The summed E-state index contributed by atoms with van der Waals surface area (Å²) in [7, 11) is 0.0805. The third-order valence-corrected chi connectivity index (χ3v) is 10.6. The molecular weight excluding hydrogens is 390 g/mol. The van der Waals surface area contributed by atoms with Crippen LogP contribution in [0, 0.1) is 28.6 Å². The first-order valence-electron chi connectivity index (χ1n) is 12.1. The van der Waals surface area contributed by atoms with Crippen molar-refractivity contribution in [3.8, 4) is 0 Å². The molecule has 7 unspecified atom stereocenters. The van der Waals surface area contributed by atoms with Crippen molar-refractivity contribution in [2.24, 2.45) is 33.7 Å². The lowest BCUT2D eigenvalue weighted by molar-refractivity contribution is -0.0933. The Balaban J connectivity index is 1.59. The molecule has 0 aromatic carbocycles. The Labute approximate surface area is 184 Å². The van der Waals surface area contributed by atoms with E-state index in [1.807, 2.05) is 6.92 Å². The highest BCUT2D eigenvalue weighted by atomic mass is 28.4. The van der Waals surface area contributed by atoms with Crippen LogP contribution in [0.5, 0.6) is 0 Å². The monoisotopic (exact) mass is 433 g/mol. The van der Waals surface area contributed by atoms with Gasteiger partial charge in [0, 0.05) is 11.5 Å². The van der Waals surface area contributed by atoms with Crippen LogP contribution in [0.2, 0.25) is 19.6 Å². The molecule has 0 aliphatic heterocycles. The van der Waals surface area contributed by atoms with E-state index in [0.29, 0.717) is 23.4 Å². The van der Waals surface area contributed by atoms with E-state index in [4.69, 9.17) is 9.26 Å². The largest absolute Gasteiger partial charge is 0.414 e. The highest BCUT2D eigenvalue weighted by Crippen LogP contribution is 2.67. The quantitative estimate of drug-likeness (QED) is 0.259. The molecule has 0 amide bonds. The molecule has 170 valence electrons. The Morgan fingerprint density at radius 3 is 2.47 bits per heavy atom. The summed E-state index contributed by atoms with van der Waals surface area (Å²) in [6.45, 7) is 13.7. The smallest absolute Gasteiger partial charge is 0.184 e. The molecule has 3 saturated carbocycles. The average molecular weight is 434 g/mol. The Morgan fingerprint density at radius 1 is 1.10 bits per heavy atom. The molecular formula is C25H43NO3Si. The number of hydrogen-bond donors (Lipinski definition) is 1. The third kappa shape index (κ3) is 3.34. The minimum Gasteiger partial charge on any atom is -0.414 e. The van der Waals surface area contributed by atoms with Crippen LogP contribution in [0.15, 0.2) is 16.8 Å². The number of rotatable bonds is 4. The van der Waals surface area contributed by atoms with E-state index in [1.165, 1.54) is 25.7 Å². The summed E-state index contributed by atoms with van der Waals surface area (Å²) in [5.74, 6) is 1.98. The predicted molar refractivity (Wildman–Crippen MR) is 125 cm³/mol. The van der Waals surface area contributed by atoms with E-state index < -0.39 is 13.9 Å². The SMILES string of the molecule is CO/N=C(\C)C1(O)CCC2C3CC=C4CC(O[Si](C)(C)C)CCC4(C)C3CCC21C. The van der Waals surface area contributed by atoms with Gasteiger partial charge in [0.05, 0.1) is 5.71 Å². The van der Waals surface area contributed by atoms with E-state index in [9.17, 15) is 5.11 Å². The molecule has 4 nitrogen and oxygen atoms in total. The number of allylic oxidation sites excluding steroid dienone is 1. The van der Waals surface area contributed by atoms with Gasteiger partial charge in [-0.2, -0.15) is 0 Å². The molecule has 4 rings (SSSR count). The maximum absolute atomic E-state index is 11.7. The fourth-order valence-electron chi connectivity index (χ4n) is 8.05. The van der Waals surface area contributed by atoms with Crippen molar-refractivity contribution >= 4 is 14.0 Å². The van der Waals surface area contributed by atoms with E-state index >= 15 is 0 Å². The molecule has 30 heavy (non-hydrogen) atoms. The maximum atomic E-state index is 11.7. The van der Waals surface area contributed by atoms with Gasteiger partial charge in [0.2, 0.25) is 0 Å². The van der Waals surface area contributed by atoms with Crippen molar-refractivity contribution in [3.05, 3.63) is 11.6 Å². The van der Waals surface area contributed by atoms with Crippen LogP contribution in [0.3, 0.4) is 0 Å². The van der Waals surface area contributed by atoms with E-state index in [1.54, 1.807) is 12.7 Å². The third-order valence-electron chi connectivity index (χ3n) is 9.56. The zero-order valence-electron chi connectivity index (χ0n) is 20.3. The van der Waals surface area contributed by atoms with Crippen molar-refractivity contribution in [2.45, 2.75) is 103 Å². The summed E-state index contributed by atoms with van der Waals surface area (Å²) in [6.07, 6.45) is 12.0. The first-order valence-corrected chi connectivity index (χ1v) is 15.5. The number of oxime groups is 1. The maximum Gasteiger partial charge on any atom is 0.184 e. The van der Waals surface area contributed by atoms with Crippen molar-refractivity contribution in [3.63, 3.8) is 0 Å². The normalized spacial score (nSPS) is 46.5. The second-order valence-electron chi connectivity index (χ2n) is 12.1. The Bertz CT molecular complexity index is 743. The van der Waals surface area contributed by atoms with E-state index in [0.717, 1.165) is 37.3 Å². The summed E-state index contributed by atoms with van der Waals surface area (Å²) in [4.78, 5) is 5.05. The van der Waals surface area contributed by atoms with Crippen LogP contribution >= 0.6 is 0 Å². The molecule has 0 aromatic heterocycles. The van der Waals surface area contributed by atoms with Gasteiger partial charge in [-0.25, -0.2) is 0 Å². The van der Waals surface area contributed by atoms with Crippen molar-refractivity contribution in [1.29, 1.82) is 0 Å². The number of nitrogens with zero attached hydrogens (tertiary/aromatic N) is 1. The molecule has 7 atom stereocenters. The summed E-state index contributed by atoms with van der Waals surface area (Å²) >= 11 is 0. The van der Waals surface area contributed by atoms with Crippen molar-refractivity contribution in [1.82, 2.24) is 0 Å². The van der Waals surface area contributed by atoms with Crippen molar-refractivity contribution < 1.29 is 14.4 Å². The minimum atomic E-state index is -1.50. The predicted octanol–water partition coefficient (Wildman–Crippen LogP) is 5.92. The summed E-state index contributed by atoms with van der Waals surface area (Å²) in [5.41, 5.74) is 1.83. The van der Waals surface area contributed by atoms with Crippen LogP contribution in [-0.2, 0) is 9.26 Å². The second kappa shape index (κ2) is 7.45. The average Bonchev–Trinajstić information content (AvgIpc) is 2.93. The molecule has 4 aliphatic carbocycles. The fraction of sp³-hybridized carbons (Fsp3) is 0.880. The molecule has 0 spiro atoms. The standard InChI is InChI=1S/C25H43NO3Si/c1-17(26-28-4)25(27)15-12-22-20-9-8-18-16-19(29-30(5,6)7)10-13-23(18,2)21(20)11-14-24(22,25)3/h8,19-22,27H,9-16H2,1-7H3/b26-17+. The van der Waals surface area contributed by atoms with Gasteiger partial charge in [-0.15, -0.1) is 0 Å². The molecule has 0 heterocycles. The second-order valence-corrected chi connectivity index (χ2v) is 16.5. The first kappa shape index (κ1) is 22.5. The summed E-state index contributed by atoms with van der Waals surface area (Å²) in [5, 5.41) is 15.9. The van der Waals surface area contributed by atoms with Gasteiger partial charge < -0.3 is 14.4 Å². The van der Waals surface area contributed by atoms with Crippen LogP contribution in [-0.4, -0.2) is 38.0 Å². The number of aliphatic hydroxyl groups is 1. The minimum absolute atomic E-state index is 0.0971. The van der Waals surface area contributed by atoms with Gasteiger partial charge in [-0.05, 0) is 101 Å². The van der Waals surface area contributed by atoms with Gasteiger partial charge in [0.15, 0.2) is 8.32 Å². The van der Waals surface area contributed by atoms with E-state index in [2.05, 4.69) is 44.7 Å². The van der Waals surface area contributed by atoms with Gasteiger partial charge in [0.1, 0.15) is 12.7 Å². The Kier molecular flexibility index (Phi) is 5.60. The highest BCUT2D eigenvalue weighted by molar-refractivity contribution is 6.69. The zero-order chi connectivity index (χ0) is 21.9. The number of fused-ring (bicyclic) bond motifs is 5. The molecule has 0 aromatic rings. The van der Waals surface area contributed by atoms with Gasteiger partial charge in [-0.1, -0.05) is 30.7 Å². The van der Waals surface area contributed by atoms with Crippen LogP contribution in [0.1, 0.15) is 72.1 Å². The molecule has 3 fully saturated rings. The lowest BCUT2D eigenvalue weighted by Crippen LogP contribution is -2.57. The number of hydrogen-bond acceptors (Lipinski definition) is 4. The Morgan fingerprint density at radius 2 is 1.80 bits per heavy atom. The summed E-state index contributed by atoms with van der Waals surface area (Å²) < 4.78 is 6.51. The molecule has 0 saturated heterocycles. The fourth-order valence-corrected chi connectivity index (χ4v) is 9.25. The summed E-state index contributed by atoms with van der Waals surface area (Å²) in [6, 6.07) is 0. The zero-order valence-corrected chi connectivity index (χ0v) is 21.3. The van der Waals surface area contributed by atoms with E-state index in [-0.39, 0.29) is 5.41 Å². The van der Waals surface area contributed by atoms with Gasteiger partial charge in [-0.3, -0.25) is 0 Å².